The predicted molar refractivity (Wildman–Crippen MR) is 119 cm³/mol. The number of aliphatic hydroxyl groups excluding tert-OH is 1. The van der Waals surface area contributed by atoms with Crippen LogP contribution in [0, 0.1) is 5.41 Å². The van der Waals surface area contributed by atoms with Gasteiger partial charge in [-0.05, 0) is 42.8 Å². The van der Waals surface area contributed by atoms with Crippen molar-refractivity contribution in [3.05, 3.63) is 59.6 Å². The molecule has 0 fully saturated rings. The van der Waals surface area contributed by atoms with E-state index in [0.717, 1.165) is 18.4 Å². The van der Waals surface area contributed by atoms with Crippen molar-refractivity contribution in [2.75, 3.05) is 25.2 Å². The van der Waals surface area contributed by atoms with Crippen LogP contribution in [0.3, 0.4) is 0 Å². The van der Waals surface area contributed by atoms with Crippen LogP contribution in [0.5, 0.6) is 5.75 Å². The van der Waals surface area contributed by atoms with E-state index in [1.807, 2.05) is 25.1 Å². The molecule has 0 amide bonds. The van der Waals surface area contributed by atoms with Crippen molar-refractivity contribution >= 4 is 34.1 Å². The number of ether oxygens (including phenoxy) is 2. The molecule has 0 radical (unpaired) electrons. The number of rotatable bonds is 7. The Morgan fingerprint density at radius 1 is 1.26 bits per heavy atom. The first-order valence-electron chi connectivity index (χ1n) is 10.1. The number of hydrogen-bond acceptors (Lipinski definition) is 6. The Morgan fingerprint density at radius 3 is 2.74 bits per heavy atom. The van der Waals surface area contributed by atoms with Crippen LogP contribution in [0.15, 0.2) is 48.2 Å². The summed E-state index contributed by atoms with van der Waals surface area (Å²) in [4.78, 5) is 21.4. The molecule has 1 aromatic heterocycles. The minimum Gasteiger partial charge on any atom is -0.509 e. The number of nitrogens with zero attached hydrogens (tertiary/aromatic N) is 2. The zero-order chi connectivity index (χ0) is 22.0. The van der Waals surface area contributed by atoms with Crippen LogP contribution in [0.4, 0.5) is 5.69 Å². The highest BCUT2D eigenvalue weighted by Gasteiger charge is 2.31. The molecule has 0 saturated carbocycles. The fraction of sp³-hybridized carbons (Fsp3) is 0.261. The lowest BCUT2D eigenvalue weighted by Gasteiger charge is -2.18. The topological polar surface area (TPSA) is 112 Å². The fourth-order valence-corrected chi connectivity index (χ4v) is 3.45. The number of imidazole rings is 1. The number of hydrogen-bond donors (Lipinski definition) is 3. The van der Waals surface area contributed by atoms with Gasteiger partial charge in [0.25, 0.3) is 0 Å². The lowest BCUT2D eigenvalue weighted by molar-refractivity contribution is 0.0500. The molecule has 3 aromatic rings. The summed E-state index contributed by atoms with van der Waals surface area (Å²) in [6.45, 7) is 2.58. The first-order valence-corrected chi connectivity index (χ1v) is 10.1. The molecule has 1 aliphatic rings. The maximum Gasteiger partial charge on any atom is 0.338 e. The third-order valence-corrected chi connectivity index (χ3v) is 5.17. The second kappa shape index (κ2) is 8.51. The molecule has 2 aromatic carbocycles. The number of methoxy groups -OCH3 is 1. The third kappa shape index (κ3) is 3.96. The van der Waals surface area contributed by atoms with Gasteiger partial charge in [0.1, 0.15) is 23.2 Å². The fourth-order valence-electron chi connectivity index (χ4n) is 3.45. The highest BCUT2D eigenvalue weighted by Crippen LogP contribution is 2.31. The molecule has 2 heterocycles. The largest absolute Gasteiger partial charge is 0.509 e. The number of nitrogens with one attached hydrogen (secondary N) is 2. The number of carbonyl (C=O) groups is 1. The predicted octanol–water partition coefficient (Wildman–Crippen LogP) is 4.29. The second-order valence-corrected chi connectivity index (χ2v) is 7.26. The molecule has 3 N–H and O–H groups in total. The first kappa shape index (κ1) is 20.5. The molecule has 4 rings (SSSR count). The number of fused-ring (bicyclic) bond motifs is 1. The van der Waals surface area contributed by atoms with Crippen molar-refractivity contribution < 1.29 is 19.4 Å². The van der Waals surface area contributed by atoms with Gasteiger partial charge in [-0.15, -0.1) is 0 Å². The van der Waals surface area contributed by atoms with E-state index in [0.29, 0.717) is 40.5 Å². The van der Waals surface area contributed by atoms with Crippen LogP contribution in [0.2, 0.25) is 0 Å². The molecule has 160 valence electrons. The molecule has 8 nitrogen and oxygen atoms in total. The molecule has 8 heteroatoms. The summed E-state index contributed by atoms with van der Waals surface area (Å²) in [5.74, 6) is 0.929. The Kier molecular flexibility index (Phi) is 5.62. The van der Waals surface area contributed by atoms with E-state index >= 15 is 0 Å². The summed E-state index contributed by atoms with van der Waals surface area (Å²) in [6.07, 6.45) is 1.79. The number of amidine groups is 1. The van der Waals surface area contributed by atoms with Crippen molar-refractivity contribution in [2.24, 2.45) is 0 Å². The number of unbranched alkanes of at least 4 members (excludes halogenated alkanes) is 1. The van der Waals surface area contributed by atoms with Crippen LogP contribution in [-0.4, -0.2) is 47.1 Å². The van der Waals surface area contributed by atoms with Crippen molar-refractivity contribution in [1.82, 2.24) is 9.97 Å². The van der Waals surface area contributed by atoms with Gasteiger partial charge >= 0.3 is 5.97 Å². The number of carbonyl (C=O) groups excluding carboxylic acids is 1. The maximum absolute atomic E-state index is 12.1. The van der Waals surface area contributed by atoms with Gasteiger partial charge in [0.15, 0.2) is 0 Å². The molecule has 0 bridgehead atoms. The van der Waals surface area contributed by atoms with Crippen molar-refractivity contribution in [3.8, 4) is 5.75 Å². The molecule has 1 aliphatic heterocycles. The molecule has 0 aliphatic carbocycles. The molecular weight excluding hydrogens is 396 g/mol. The second-order valence-electron chi connectivity index (χ2n) is 7.26. The normalized spacial score (nSPS) is 13.9. The number of aliphatic hydroxyl groups is 1. The molecule has 0 saturated heterocycles. The van der Waals surface area contributed by atoms with Crippen LogP contribution in [-0.2, 0) is 4.74 Å². The van der Waals surface area contributed by atoms with Gasteiger partial charge in [0, 0.05) is 11.8 Å². The first-order chi connectivity index (χ1) is 15.0. The van der Waals surface area contributed by atoms with Crippen LogP contribution in [0.25, 0.3) is 16.6 Å². The van der Waals surface area contributed by atoms with Gasteiger partial charge in [-0.2, -0.15) is 0 Å². The monoisotopic (exact) mass is 420 g/mol. The summed E-state index contributed by atoms with van der Waals surface area (Å²) < 4.78 is 10.5. The average molecular weight is 420 g/mol. The van der Waals surface area contributed by atoms with Crippen LogP contribution in [0.1, 0.15) is 35.9 Å². The van der Waals surface area contributed by atoms with Crippen molar-refractivity contribution in [1.29, 1.82) is 5.41 Å². The quantitative estimate of drug-likeness (QED) is 0.388. The van der Waals surface area contributed by atoms with E-state index < -0.39 is 0 Å². The van der Waals surface area contributed by atoms with Crippen LogP contribution >= 0.6 is 0 Å². The molecule has 31 heavy (non-hydrogen) atoms. The van der Waals surface area contributed by atoms with Gasteiger partial charge in [0.05, 0.1) is 42.4 Å². The zero-order valence-electron chi connectivity index (χ0n) is 17.4. The molecule has 0 atom stereocenters. The van der Waals surface area contributed by atoms with E-state index in [2.05, 4.69) is 9.97 Å². The molecular formula is C23H24N4O4. The lowest BCUT2D eigenvalue weighted by Crippen LogP contribution is -2.26. The van der Waals surface area contributed by atoms with Crippen LogP contribution < -0.4 is 9.64 Å². The standard InChI is InChI=1S/C23H24N4O4/c1-3-4-11-31-23(29)14-5-7-15(8-6-14)27-13-19(28)20(21(27)24)22-25-17-10-9-16(30-2)12-18(17)26-22/h5-10,12,24,28H,3-4,11,13H2,1-2H3,(H,25,26). The van der Waals surface area contributed by atoms with E-state index in [1.54, 1.807) is 36.3 Å². The summed E-state index contributed by atoms with van der Waals surface area (Å²) in [5.41, 5.74) is 2.96. The number of anilines is 1. The van der Waals surface area contributed by atoms with Gasteiger partial charge < -0.3 is 24.5 Å². The van der Waals surface area contributed by atoms with E-state index in [-0.39, 0.29) is 24.1 Å². The van der Waals surface area contributed by atoms with E-state index in [4.69, 9.17) is 14.9 Å². The Balaban J connectivity index is 1.53. The maximum atomic E-state index is 12.1. The number of esters is 1. The Bertz CT molecular complexity index is 1160. The van der Waals surface area contributed by atoms with E-state index in [1.165, 1.54) is 0 Å². The minimum absolute atomic E-state index is 0.0547. The Morgan fingerprint density at radius 2 is 2.03 bits per heavy atom. The van der Waals surface area contributed by atoms with Gasteiger partial charge in [-0.3, -0.25) is 5.41 Å². The van der Waals surface area contributed by atoms with Gasteiger partial charge in [-0.25, -0.2) is 9.78 Å². The average Bonchev–Trinajstić information content (AvgIpc) is 3.32. The number of benzene rings is 2. The SMILES string of the molecule is CCCCOC(=O)c1ccc(N2CC(O)=C(c3nc4ccc(OC)cc4[nH]3)C2=N)cc1. The Hall–Kier alpha value is -3.81. The van der Waals surface area contributed by atoms with Crippen molar-refractivity contribution in [3.63, 3.8) is 0 Å². The molecule has 0 spiro atoms. The van der Waals surface area contributed by atoms with Gasteiger partial charge in [-0.1, -0.05) is 13.3 Å². The number of aromatic nitrogens is 2. The van der Waals surface area contributed by atoms with E-state index in [9.17, 15) is 9.90 Å². The summed E-state index contributed by atoms with van der Waals surface area (Å²) in [5, 5.41) is 19.2. The highest BCUT2D eigenvalue weighted by molar-refractivity contribution is 6.30. The van der Waals surface area contributed by atoms with Crippen molar-refractivity contribution in [2.45, 2.75) is 19.8 Å². The van der Waals surface area contributed by atoms with Gasteiger partial charge in [0.2, 0.25) is 0 Å². The summed E-state index contributed by atoms with van der Waals surface area (Å²) in [6, 6.07) is 12.3. The summed E-state index contributed by atoms with van der Waals surface area (Å²) >= 11 is 0. The number of H-pyrrole nitrogens is 1. The Labute approximate surface area is 179 Å². The molecule has 0 unspecified atom stereocenters. The summed E-state index contributed by atoms with van der Waals surface area (Å²) in [7, 11) is 1.59. The number of aromatic amines is 1. The smallest absolute Gasteiger partial charge is 0.338 e. The zero-order valence-corrected chi connectivity index (χ0v) is 17.4. The minimum atomic E-state index is -0.365. The highest BCUT2D eigenvalue weighted by atomic mass is 16.5. The lowest BCUT2D eigenvalue weighted by atomic mass is 10.2. The third-order valence-electron chi connectivity index (χ3n) is 5.17.